The Kier molecular flexibility index (Phi) is 6.23. The first kappa shape index (κ1) is 18.4. The lowest BCUT2D eigenvalue weighted by Gasteiger charge is -2.36. The lowest BCUT2D eigenvalue weighted by molar-refractivity contribution is -0.925. The third-order valence-electron chi connectivity index (χ3n) is 5.59. The second-order valence-corrected chi connectivity index (χ2v) is 7.12. The molecule has 1 aliphatic carbocycles. The lowest BCUT2D eigenvalue weighted by Crippen LogP contribution is -2.51. The van der Waals surface area contributed by atoms with Crippen LogP contribution in [0.3, 0.4) is 0 Å². The van der Waals surface area contributed by atoms with Crippen LogP contribution in [0.4, 0.5) is 0 Å². The molecule has 0 spiro atoms. The van der Waals surface area contributed by atoms with Gasteiger partial charge in [-0.2, -0.15) is 0 Å². The minimum atomic E-state index is -0.256. The largest absolute Gasteiger partial charge is 0.391 e. The van der Waals surface area contributed by atoms with Gasteiger partial charge in [0.05, 0.1) is 38.1 Å². The summed E-state index contributed by atoms with van der Waals surface area (Å²) in [5.74, 6) is -0.554. The lowest BCUT2D eigenvalue weighted by atomic mass is 9.85. The Bertz CT molecular complexity index is 488. The number of hydrogen-bond acceptors (Lipinski definition) is 3. The number of quaternary nitrogens is 1. The molecule has 5 nitrogen and oxygen atoms in total. The van der Waals surface area contributed by atoms with Crippen LogP contribution in [0, 0.1) is 11.8 Å². The number of carbonyl (C=O) groups is 2. The van der Waals surface area contributed by atoms with Gasteiger partial charge >= 0.3 is 0 Å². The van der Waals surface area contributed by atoms with Crippen molar-refractivity contribution in [2.45, 2.75) is 33.1 Å². The highest BCUT2D eigenvalue weighted by atomic mass is 35.5. The molecule has 0 aromatic rings. The Morgan fingerprint density at radius 2 is 1.87 bits per heavy atom. The average Bonchev–Trinajstić information content (AvgIpc) is 2.78. The van der Waals surface area contributed by atoms with Gasteiger partial charge in [0, 0.05) is 18.0 Å². The van der Waals surface area contributed by atoms with Crippen molar-refractivity contribution in [1.82, 2.24) is 4.90 Å². The van der Waals surface area contributed by atoms with Crippen molar-refractivity contribution in [2.24, 2.45) is 11.8 Å². The van der Waals surface area contributed by atoms with E-state index in [4.69, 9.17) is 11.6 Å². The zero-order valence-electron chi connectivity index (χ0n) is 14.1. The predicted molar refractivity (Wildman–Crippen MR) is 89.6 cm³/mol. The van der Waals surface area contributed by atoms with Crippen LogP contribution in [0.25, 0.3) is 0 Å². The van der Waals surface area contributed by atoms with Crippen molar-refractivity contribution in [3.8, 4) is 0 Å². The molecule has 0 bridgehead atoms. The molecule has 0 saturated carbocycles. The summed E-state index contributed by atoms with van der Waals surface area (Å²) < 4.78 is 0.826. The molecule has 130 valence electrons. The highest BCUT2D eigenvalue weighted by molar-refractivity contribution is 6.30. The van der Waals surface area contributed by atoms with Crippen molar-refractivity contribution >= 4 is 23.4 Å². The van der Waals surface area contributed by atoms with E-state index in [9.17, 15) is 14.7 Å². The van der Waals surface area contributed by atoms with Gasteiger partial charge in [0.2, 0.25) is 11.8 Å². The van der Waals surface area contributed by atoms with Crippen LogP contribution in [-0.2, 0) is 9.59 Å². The normalized spacial score (nSPS) is 24.9. The Balaban J connectivity index is 1.94. The SMILES string of the molecule is CC[N+](CC)(CCO)CCCN1C(=O)[C@H]2CC(Cl)=CC[C@H]2C1=O. The predicted octanol–water partition coefficient (Wildman–Crippen LogP) is 1.74. The highest BCUT2D eigenvalue weighted by Crippen LogP contribution is 2.38. The fraction of sp³-hybridized carbons (Fsp3) is 0.765. The molecule has 1 saturated heterocycles. The van der Waals surface area contributed by atoms with E-state index >= 15 is 0 Å². The minimum absolute atomic E-state index is 0.0336. The second-order valence-electron chi connectivity index (χ2n) is 6.63. The van der Waals surface area contributed by atoms with Crippen LogP contribution in [0.5, 0.6) is 0 Å². The molecule has 6 heteroatoms. The fourth-order valence-electron chi connectivity index (χ4n) is 3.86. The van der Waals surface area contributed by atoms with Crippen molar-refractivity contribution < 1.29 is 19.2 Å². The molecule has 23 heavy (non-hydrogen) atoms. The number of likely N-dealkylation sites (N-methyl/N-ethyl adjacent to an activating group) is 1. The average molecular weight is 344 g/mol. The Morgan fingerprint density at radius 1 is 1.22 bits per heavy atom. The van der Waals surface area contributed by atoms with Gasteiger partial charge in [0.25, 0.3) is 0 Å². The first-order valence-electron chi connectivity index (χ1n) is 8.63. The summed E-state index contributed by atoms with van der Waals surface area (Å²) in [4.78, 5) is 26.4. The van der Waals surface area contributed by atoms with Crippen molar-refractivity contribution in [3.05, 3.63) is 11.1 Å². The number of imide groups is 1. The summed E-state index contributed by atoms with van der Waals surface area (Å²) in [6.07, 6.45) is 3.73. The first-order chi connectivity index (χ1) is 11.0. The van der Waals surface area contributed by atoms with E-state index < -0.39 is 0 Å². The number of aliphatic hydroxyl groups is 1. The maximum atomic E-state index is 12.5. The molecule has 1 aliphatic heterocycles. The number of fused-ring (bicyclic) bond motifs is 1. The fourth-order valence-corrected chi connectivity index (χ4v) is 4.12. The quantitative estimate of drug-likeness (QED) is 0.539. The zero-order valence-corrected chi connectivity index (χ0v) is 14.9. The smallest absolute Gasteiger partial charge is 0.233 e. The standard InChI is InChI=1S/C17H28ClN2O3/c1-3-20(4-2,10-11-21)9-5-8-19-16(22)14-7-6-13(18)12-15(14)17(19)23/h6,14-15,21H,3-5,7-12H2,1-2H3/q+1/t14-,15+/m1/s1. The topological polar surface area (TPSA) is 57.6 Å². The van der Waals surface area contributed by atoms with Crippen LogP contribution in [0.15, 0.2) is 11.1 Å². The van der Waals surface area contributed by atoms with E-state index in [1.54, 1.807) is 0 Å². The van der Waals surface area contributed by atoms with Crippen molar-refractivity contribution in [1.29, 1.82) is 0 Å². The first-order valence-corrected chi connectivity index (χ1v) is 9.01. The van der Waals surface area contributed by atoms with Crippen LogP contribution in [-0.4, -0.2) is 65.6 Å². The summed E-state index contributed by atoms with van der Waals surface area (Å²) in [7, 11) is 0. The van der Waals surface area contributed by atoms with Gasteiger partial charge in [-0.25, -0.2) is 0 Å². The van der Waals surface area contributed by atoms with Gasteiger partial charge in [0.1, 0.15) is 6.54 Å². The summed E-state index contributed by atoms with van der Waals surface area (Å²) in [5.41, 5.74) is 0. The molecular weight excluding hydrogens is 316 g/mol. The van der Waals surface area contributed by atoms with E-state index in [2.05, 4.69) is 13.8 Å². The molecule has 0 aromatic carbocycles. The van der Waals surface area contributed by atoms with Gasteiger partial charge < -0.3 is 9.59 Å². The number of halogens is 1. The van der Waals surface area contributed by atoms with Crippen LogP contribution >= 0.6 is 11.6 Å². The number of carbonyl (C=O) groups excluding carboxylic acids is 2. The van der Waals surface area contributed by atoms with Crippen molar-refractivity contribution in [2.75, 3.05) is 39.3 Å². The summed E-state index contributed by atoms with van der Waals surface area (Å²) in [6, 6.07) is 0. The third kappa shape index (κ3) is 3.78. The molecule has 1 N–H and O–H groups in total. The number of aliphatic hydroxyl groups excluding tert-OH is 1. The number of amides is 2. The molecule has 1 heterocycles. The monoisotopic (exact) mass is 343 g/mol. The van der Waals surface area contributed by atoms with E-state index in [-0.39, 0.29) is 30.3 Å². The second kappa shape index (κ2) is 7.77. The molecule has 2 amide bonds. The Morgan fingerprint density at radius 3 is 2.48 bits per heavy atom. The minimum Gasteiger partial charge on any atom is -0.391 e. The molecule has 1 fully saturated rings. The van der Waals surface area contributed by atoms with Gasteiger partial charge in [-0.1, -0.05) is 17.7 Å². The number of rotatable bonds is 8. The van der Waals surface area contributed by atoms with E-state index in [1.165, 1.54) is 4.90 Å². The molecule has 0 unspecified atom stereocenters. The van der Waals surface area contributed by atoms with Gasteiger partial charge in [-0.05, 0) is 26.7 Å². The number of likely N-dealkylation sites (tertiary alicyclic amines) is 1. The molecule has 2 aliphatic rings. The molecule has 0 aromatic heterocycles. The van der Waals surface area contributed by atoms with E-state index in [0.717, 1.165) is 37.1 Å². The van der Waals surface area contributed by atoms with E-state index in [0.29, 0.717) is 24.4 Å². The van der Waals surface area contributed by atoms with Gasteiger partial charge in [-0.3, -0.25) is 14.5 Å². The number of nitrogens with zero attached hydrogens (tertiary/aromatic N) is 2. The summed E-state index contributed by atoms with van der Waals surface area (Å²) in [5, 5.41) is 9.97. The van der Waals surface area contributed by atoms with Crippen molar-refractivity contribution in [3.63, 3.8) is 0 Å². The number of hydrogen-bond donors (Lipinski definition) is 1. The molecular formula is C17H28ClN2O3+. The van der Waals surface area contributed by atoms with E-state index in [1.807, 2.05) is 6.08 Å². The Labute approximate surface area is 143 Å². The van der Waals surface area contributed by atoms with Gasteiger partial charge in [-0.15, -0.1) is 0 Å². The molecule has 0 radical (unpaired) electrons. The summed E-state index contributed by atoms with van der Waals surface area (Å²) >= 11 is 6.03. The van der Waals surface area contributed by atoms with Crippen LogP contribution in [0.1, 0.15) is 33.1 Å². The molecule has 2 rings (SSSR count). The maximum Gasteiger partial charge on any atom is 0.233 e. The Hall–Kier alpha value is -0.910. The van der Waals surface area contributed by atoms with Crippen LogP contribution < -0.4 is 0 Å². The van der Waals surface area contributed by atoms with Gasteiger partial charge in [0.15, 0.2) is 0 Å². The highest BCUT2D eigenvalue weighted by Gasteiger charge is 2.48. The third-order valence-corrected chi connectivity index (χ3v) is 5.90. The zero-order chi connectivity index (χ0) is 17.0. The number of allylic oxidation sites excluding steroid dienone is 2. The maximum absolute atomic E-state index is 12.5. The molecule has 2 atom stereocenters. The van der Waals surface area contributed by atoms with Crippen LogP contribution in [0.2, 0.25) is 0 Å². The summed E-state index contributed by atoms with van der Waals surface area (Å²) in [6.45, 7) is 8.37.